The predicted molar refractivity (Wildman–Crippen MR) is 119 cm³/mol. The van der Waals surface area contributed by atoms with Crippen molar-refractivity contribution in [2.45, 2.75) is 50.7 Å². The van der Waals surface area contributed by atoms with E-state index in [0.29, 0.717) is 12.8 Å². The Kier molecular flexibility index (Phi) is 6.77. The van der Waals surface area contributed by atoms with Crippen LogP contribution in [0.25, 0.3) is 0 Å². The van der Waals surface area contributed by atoms with E-state index >= 15 is 0 Å². The van der Waals surface area contributed by atoms with Crippen LogP contribution in [0.3, 0.4) is 0 Å². The van der Waals surface area contributed by atoms with Gasteiger partial charge >= 0.3 is 0 Å². The van der Waals surface area contributed by atoms with Crippen molar-refractivity contribution >= 4 is 11.8 Å². The standard InChI is InChI=1S/C25H29N4O2/c1-24(2,23(27)31)14-13-22(30)29-25(17-26)15-20(18-9-5-3-6-10-18)28-21(16-25)19-11-7-4-8-12-19/h3-13,20-21,28H,14-16H2,1-2H3,(H2,27,31)(H,29,30). The number of nitrogens with two attached hydrogens (primary N) is 1. The van der Waals surface area contributed by atoms with Crippen LogP contribution in [0.5, 0.6) is 0 Å². The van der Waals surface area contributed by atoms with E-state index in [9.17, 15) is 14.9 Å². The first-order valence-electron chi connectivity index (χ1n) is 10.5. The van der Waals surface area contributed by atoms with Gasteiger partial charge < -0.3 is 16.4 Å². The zero-order chi connectivity index (χ0) is 22.5. The number of piperidine rings is 1. The molecule has 4 N–H and O–H groups in total. The summed E-state index contributed by atoms with van der Waals surface area (Å²) in [6, 6.07) is 22.1. The third-order valence-corrected chi connectivity index (χ3v) is 5.95. The molecule has 31 heavy (non-hydrogen) atoms. The van der Waals surface area contributed by atoms with E-state index in [0.717, 1.165) is 11.1 Å². The molecule has 1 heterocycles. The number of nitriles is 1. The first-order valence-corrected chi connectivity index (χ1v) is 10.5. The third kappa shape index (κ3) is 5.50. The average Bonchev–Trinajstić information content (AvgIpc) is 2.78. The Labute approximate surface area is 183 Å². The van der Waals surface area contributed by atoms with Gasteiger partial charge in [0, 0.05) is 30.3 Å². The van der Waals surface area contributed by atoms with Gasteiger partial charge in [0.05, 0.1) is 12.5 Å². The number of rotatable bonds is 7. The Balaban J connectivity index is 1.83. The number of benzene rings is 2. The van der Waals surface area contributed by atoms with Crippen molar-refractivity contribution in [1.29, 1.82) is 5.26 Å². The van der Waals surface area contributed by atoms with E-state index in [2.05, 4.69) is 16.7 Å². The van der Waals surface area contributed by atoms with Gasteiger partial charge in [-0.2, -0.15) is 5.26 Å². The Morgan fingerprint density at radius 2 is 1.58 bits per heavy atom. The Bertz CT molecular complexity index is 903. The summed E-state index contributed by atoms with van der Waals surface area (Å²) < 4.78 is 0. The molecular weight excluding hydrogens is 388 g/mol. The molecule has 0 spiro atoms. The molecule has 2 amide bonds. The maximum absolute atomic E-state index is 12.7. The Morgan fingerprint density at radius 1 is 1.10 bits per heavy atom. The molecule has 1 saturated heterocycles. The summed E-state index contributed by atoms with van der Waals surface area (Å²) in [5.41, 5.74) is 5.66. The number of primary amides is 1. The quantitative estimate of drug-likeness (QED) is 0.642. The lowest BCUT2D eigenvalue weighted by Crippen LogP contribution is -2.55. The number of nitrogens with one attached hydrogen (secondary N) is 2. The molecule has 2 aromatic carbocycles. The molecule has 2 unspecified atom stereocenters. The molecule has 0 aliphatic carbocycles. The summed E-state index contributed by atoms with van der Waals surface area (Å²) in [5, 5.41) is 16.7. The van der Waals surface area contributed by atoms with Crippen LogP contribution in [-0.2, 0) is 9.59 Å². The first-order chi connectivity index (χ1) is 14.7. The van der Waals surface area contributed by atoms with E-state index in [-0.39, 0.29) is 24.4 Å². The van der Waals surface area contributed by atoms with Gasteiger partial charge in [-0.1, -0.05) is 74.5 Å². The SMILES string of the molecule is CC(C)(C[CH]C(=O)NC1(C#N)CC(c2ccccc2)NC(c2ccccc2)C1)C(N)=O. The molecule has 6 nitrogen and oxygen atoms in total. The topological polar surface area (TPSA) is 108 Å². The molecule has 1 fully saturated rings. The number of nitrogens with zero attached hydrogens (tertiary/aromatic N) is 1. The second kappa shape index (κ2) is 9.32. The Hall–Kier alpha value is -3.17. The van der Waals surface area contributed by atoms with Gasteiger partial charge in [-0.05, 0) is 17.5 Å². The molecule has 1 radical (unpaired) electrons. The van der Waals surface area contributed by atoms with E-state index in [4.69, 9.17) is 5.73 Å². The van der Waals surface area contributed by atoms with Gasteiger partial charge in [-0.3, -0.25) is 9.59 Å². The molecular formula is C25H29N4O2. The van der Waals surface area contributed by atoms with Crippen molar-refractivity contribution in [2.24, 2.45) is 11.1 Å². The van der Waals surface area contributed by atoms with E-state index in [1.807, 2.05) is 60.7 Å². The number of carbonyl (C=O) groups excluding carboxylic acids is 2. The molecule has 3 rings (SSSR count). The second-order valence-electron chi connectivity index (χ2n) is 8.84. The summed E-state index contributed by atoms with van der Waals surface area (Å²) >= 11 is 0. The third-order valence-electron chi connectivity index (χ3n) is 5.95. The maximum atomic E-state index is 12.7. The fraction of sp³-hybridized carbons (Fsp3) is 0.360. The van der Waals surface area contributed by atoms with Crippen LogP contribution in [0, 0.1) is 23.2 Å². The molecule has 0 saturated carbocycles. The zero-order valence-corrected chi connectivity index (χ0v) is 18.0. The molecule has 1 aliphatic rings. The molecule has 1 aliphatic heterocycles. The first kappa shape index (κ1) is 22.5. The minimum atomic E-state index is -1.04. The van der Waals surface area contributed by atoms with E-state index < -0.39 is 16.9 Å². The van der Waals surface area contributed by atoms with Gasteiger partial charge in [0.25, 0.3) is 0 Å². The summed E-state index contributed by atoms with van der Waals surface area (Å²) in [4.78, 5) is 24.3. The summed E-state index contributed by atoms with van der Waals surface area (Å²) in [5.74, 6) is -0.835. The minimum Gasteiger partial charge on any atom is -0.369 e. The number of amides is 2. The highest BCUT2D eigenvalue weighted by atomic mass is 16.2. The monoisotopic (exact) mass is 417 g/mol. The van der Waals surface area contributed by atoms with Crippen LogP contribution in [-0.4, -0.2) is 17.4 Å². The summed E-state index contributed by atoms with van der Waals surface area (Å²) in [6.07, 6.45) is 2.50. The van der Waals surface area contributed by atoms with Crippen molar-refractivity contribution in [1.82, 2.24) is 10.6 Å². The van der Waals surface area contributed by atoms with Crippen LogP contribution < -0.4 is 16.4 Å². The predicted octanol–water partition coefficient (Wildman–Crippen LogP) is 3.34. The summed E-state index contributed by atoms with van der Waals surface area (Å²) in [7, 11) is 0. The number of carbonyl (C=O) groups is 2. The van der Waals surface area contributed by atoms with Crippen LogP contribution in [0.4, 0.5) is 0 Å². The lowest BCUT2D eigenvalue weighted by atomic mass is 9.77. The highest BCUT2D eigenvalue weighted by molar-refractivity contribution is 5.87. The molecule has 2 aromatic rings. The van der Waals surface area contributed by atoms with Crippen LogP contribution in [0.2, 0.25) is 0 Å². The van der Waals surface area contributed by atoms with Crippen molar-refractivity contribution < 1.29 is 9.59 Å². The molecule has 161 valence electrons. The molecule has 0 aromatic heterocycles. The largest absolute Gasteiger partial charge is 0.369 e. The lowest BCUT2D eigenvalue weighted by molar-refractivity contribution is -0.126. The van der Waals surface area contributed by atoms with Gasteiger partial charge in [-0.15, -0.1) is 0 Å². The van der Waals surface area contributed by atoms with Crippen molar-refractivity contribution in [3.8, 4) is 6.07 Å². The van der Waals surface area contributed by atoms with Gasteiger partial charge in [0.1, 0.15) is 5.54 Å². The molecule has 2 atom stereocenters. The van der Waals surface area contributed by atoms with Crippen LogP contribution in [0.1, 0.15) is 56.3 Å². The smallest absolute Gasteiger partial charge is 0.225 e. The Morgan fingerprint density at radius 3 is 2.00 bits per heavy atom. The minimum absolute atomic E-state index is 0.0952. The molecule has 6 heteroatoms. The highest BCUT2D eigenvalue weighted by Crippen LogP contribution is 2.38. The number of hydrogen-bond acceptors (Lipinski definition) is 4. The van der Waals surface area contributed by atoms with Crippen LogP contribution in [0.15, 0.2) is 60.7 Å². The number of hydrogen-bond donors (Lipinski definition) is 3. The fourth-order valence-electron chi connectivity index (χ4n) is 3.90. The van der Waals surface area contributed by atoms with E-state index in [1.54, 1.807) is 13.8 Å². The summed E-state index contributed by atoms with van der Waals surface area (Å²) in [6.45, 7) is 3.39. The van der Waals surface area contributed by atoms with Gasteiger partial charge in [0.2, 0.25) is 11.8 Å². The normalized spacial score (nSPS) is 23.5. The van der Waals surface area contributed by atoms with E-state index in [1.165, 1.54) is 6.42 Å². The van der Waals surface area contributed by atoms with Gasteiger partial charge in [-0.25, -0.2) is 0 Å². The molecule has 0 bridgehead atoms. The maximum Gasteiger partial charge on any atom is 0.225 e. The van der Waals surface area contributed by atoms with Crippen molar-refractivity contribution in [2.75, 3.05) is 0 Å². The fourth-order valence-corrected chi connectivity index (χ4v) is 3.90. The van der Waals surface area contributed by atoms with Crippen LogP contribution >= 0.6 is 0 Å². The average molecular weight is 418 g/mol. The van der Waals surface area contributed by atoms with Crippen molar-refractivity contribution in [3.05, 3.63) is 78.2 Å². The van der Waals surface area contributed by atoms with Crippen molar-refractivity contribution in [3.63, 3.8) is 0 Å². The van der Waals surface area contributed by atoms with Gasteiger partial charge in [0.15, 0.2) is 0 Å². The lowest BCUT2D eigenvalue weighted by Gasteiger charge is -2.42. The second-order valence-corrected chi connectivity index (χ2v) is 8.84. The highest BCUT2D eigenvalue weighted by Gasteiger charge is 2.43. The zero-order valence-electron chi connectivity index (χ0n) is 18.0.